The minimum absolute atomic E-state index is 0.0939. The lowest BCUT2D eigenvalue weighted by Gasteiger charge is -2.44. The van der Waals surface area contributed by atoms with Crippen molar-refractivity contribution in [2.24, 2.45) is 0 Å². The number of hydrogen-bond acceptors (Lipinski definition) is 0. The van der Waals surface area contributed by atoms with Crippen molar-refractivity contribution < 1.29 is 0 Å². The molecule has 3 rings (SSSR count). The van der Waals surface area contributed by atoms with Gasteiger partial charge in [-0.3, -0.25) is 0 Å². The van der Waals surface area contributed by atoms with Crippen molar-refractivity contribution in [1.29, 1.82) is 0 Å². The highest BCUT2D eigenvalue weighted by Crippen LogP contribution is 2.52. The monoisotopic (exact) mass is 360 g/mol. The van der Waals surface area contributed by atoms with Crippen molar-refractivity contribution in [3.63, 3.8) is 0 Å². The first-order valence-electron chi connectivity index (χ1n) is 9.64. The van der Waals surface area contributed by atoms with Crippen LogP contribution in [-0.2, 0) is 0 Å². The SMILES string of the molecule is CC1=CC(C)([Si](C)(c2ccccc2)c2cc(C)c(C)c(C)c2)C(C)=C1C. The van der Waals surface area contributed by atoms with Crippen LogP contribution in [0.2, 0.25) is 11.6 Å². The van der Waals surface area contributed by atoms with Gasteiger partial charge in [0.15, 0.2) is 0 Å². The number of allylic oxidation sites excluding steroid dienone is 4. The van der Waals surface area contributed by atoms with Crippen molar-refractivity contribution in [2.75, 3.05) is 0 Å². The summed E-state index contributed by atoms with van der Waals surface area (Å²) in [7, 11) is -2.06. The zero-order valence-electron chi connectivity index (χ0n) is 17.6. The Morgan fingerprint density at radius 3 is 1.77 bits per heavy atom. The van der Waals surface area contributed by atoms with Gasteiger partial charge in [-0.05, 0) is 63.8 Å². The molecular formula is C25H32Si. The first-order valence-corrected chi connectivity index (χ1v) is 12.1. The third kappa shape index (κ3) is 2.56. The summed E-state index contributed by atoms with van der Waals surface area (Å²) in [6.07, 6.45) is 2.56. The summed E-state index contributed by atoms with van der Waals surface area (Å²) < 4.78 is 0. The highest BCUT2D eigenvalue weighted by molar-refractivity contribution is 7.04. The van der Waals surface area contributed by atoms with Gasteiger partial charge in [0.25, 0.3) is 0 Å². The molecule has 1 aliphatic rings. The Kier molecular flexibility index (Phi) is 4.65. The summed E-state index contributed by atoms with van der Waals surface area (Å²) in [6, 6.07) is 16.2. The average molecular weight is 361 g/mol. The second kappa shape index (κ2) is 6.39. The lowest BCUT2D eigenvalue weighted by Crippen LogP contribution is -2.63. The molecule has 0 nitrogen and oxygen atoms in total. The quantitative estimate of drug-likeness (QED) is 0.601. The molecule has 0 radical (unpaired) electrons. The van der Waals surface area contributed by atoms with Gasteiger partial charge in [-0.1, -0.05) is 83.5 Å². The van der Waals surface area contributed by atoms with Gasteiger partial charge in [0, 0.05) is 5.04 Å². The minimum atomic E-state index is -2.06. The lowest BCUT2D eigenvalue weighted by molar-refractivity contribution is 0.864. The van der Waals surface area contributed by atoms with Gasteiger partial charge in [0.2, 0.25) is 0 Å². The molecule has 2 aromatic carbocycles. The van der Waals surface area contributed by atoms with Gasteiger partial charge in [-0.15, -0.1) is 0 Å². The van der Waals surface area contributed by atoms with Crippen LogP contribution in [0.5, 0.6) is 0 Å². The van der Waals surface area contributed by atoms with Crippen molar-refractivity contribution in [2.45, 2.75) is 60.1 Å². The smallest absolute Gasteiger partial charge is 0.0733 e. The van der Waals surface area contributed by atoms with Gasteiger partial charge >= 0.3 is 0 Å². The molecule has 0 amide bonds. The van der Waals surface area contributed by atoms with Gasteiger partial charge < -0.3 is 0 Å². The Bertz CT molecular complexity index is 893. The fraction of sp³-hybridized carbons (Fsp3) is 0.360. The zero-order chi connectivity index (χ0) is 19.3. The molecule has 136 valence electrons. The largest absolute Gasteiger partial charge is 0.128 e. The van der Waals surface area contributed by atoms with Crippen LogP contribution in [-0.4, -0.2) is 8.07 Å². The van der Waals surface area contributed by atoms with E-state index in [0.717, 1.165) is 0 Å². The molecule has 1 heteroatoms. The van der Waals surface area contributed by atoms with Gasteiger partial charge in [-0.2, -0.15) is 0 Å². The number of aryl methyl sites for hydroxylation is 2. The van der Waals surface area contributed by atoms with Crippen LogP contribution in [0.3, 0.4) is 0 Å². The van der Waals surface area contributed by atoms with Gasteiger partial charge in [0.05, 0.1) is 0 Å². The second-order valence-electron chi connectivity index (χ2n) is 8.51. The molecule has 0 spiro atoms. The van der Waals surface area contributed by atoms with E-state index in [9.17, 15) is 0 Å². The summed E-state index contributed by atoms with van der Waals surface area (Å²) >= 11 is 0. The molecule has 2 aromatic rings. The van der Waals surface area contributed by atoms with E-state index in [2.05, 4.69) is 104 Å². The van der Waals surface area contributed by atoms with E-state index in [1.807, 2.05) is 0 Å². The third-order valence-corrected chi connectivity index (χ3v) is 12.9. The van der Waals surface area contributed by atoms with E-state index in [1.165, 1.54) is 33.0 Å². The van der Waals surface area contributed by atoms with E-state index >= 15 is 0 Å². The van der Waals surface area contributed by atoms with Crippen LogP contribution >= 0.6 is 0 Å². The predicted octanol–water partition coefficient (Wildman–Crippen LogP) is 5.86. The first-order chi connectivity index (χ1) is 12.1. The van der Waals surface area contributed by atoms with E-state index < -0.39 is 8.07 Å². The average Bonchev–Trinajstić information content (AvgIpc) is 2.83. The Morgan fingerprint density at radius 2 is 1.31 bits per heavy atom. The van der Waals surface area contributed by atoms with Crippen molar-refractivity contribution in [3.05, 3.63) is 82.0 Å². The van der Waals surface area contributed by atoms with E-state index in [-0.39, 0.29) is 5.04 Å². The van der Waals surface area contributed by atoms with Crippen molar-refractivity contribution in [1.82, 2.24) is 0 Å². The summed E-state index contributed by atoms with van der Waals surface area (Å²) in [4.78, 5) is 0. The second-order valence-corrected chi connectivity index (χ2v) is 12.9. The van der Waals surface area contributed by atoms with Crippen LogP contribution in [0.15, 0.2) is 65.3 Å². The van der Waals surface area contributed by atoms with Gasteiger partial charge in [-0.25, -0.2) is 0 Å². The molecule has 2 atom stereocenters. The third-order valence-electron chi connectivity index (χ3n) is 7.33. The number of benzene rings is 2. The predicted molar refractivity (Wildman–Crippen MR) is 118 cm³/mol. The summed E-state index contributed by atoms with van der Waals surface area (Å²) in [5, 5.41) is 3.16. The molecule has 0 saturated heterocycles. The molecule has 0 saturated carbocycles. The topological polar surface area (TPSA) is 0 Å². The Morgan fingerprint density at radius 1 is 0.769 bits per heavy atom. The van der Waals surface area contributed by atoms with Crippen LogP contribution in [0.1, 0.15) is 44.4 Å². The molecule has 1 aliphatic carbocycles. The lowest BCUT2D eigenvalue weighted by atomic mass is 10.0. The normalized spacial score (nSPS) is 22.4. The van der Waals surface area contributed by atoms with E-state index in [0.29, 0.717) is 0 Å². The fourth-order valence-corrected chi connectivity index (χ4v) is 9.56. The van der Waals surface area contributed by atoms with Gasteiger partial charge in [0.1, 0.15) is 8.07 Å². The maximum absolute atomic E-state index is 2.57. The van der Waals surface area contributed by atoms with Crippen LogP contribution in [0.25, 0.3) is 0 Å². The number of hydrogen-bond donors (Lipinski definition) is 0. The van der Waals surface area contributed by atoms with Crippen LogP contribution in [0, 0.1) is 20.8 Å². The summed E-state index contributed by atoms with van der Waals surface area (Å²) in [5.74, 6) is 0. The highest BCUT2D eigenvalue weighted by atomic mass is 28.3. The molecule has 0 N–H and O–H groups in total. The minimum Gasteiger partial charge on any atom is -0.0733 e. The molecule has 0 bridgehead atoms. The molecule has 0 aromatic heterocycles. The fourth-order valence-electron chi connectivity index (χ4n) is 4.72. The maximum Gasteiger partial charge on any atom is 0.128 e. The molecule has 2 unspecified atom stereocenters. The molecule has 0 fully saturated rings. The van der Waals surface area contributed by atoms with E-state index in [4.69, 9.17) is 0 Å². The maximum atomic E-state index is 2.57. The van der Waals surface area contributed by atoms with Crippen LogP contribution < -0.4 is 10.4 Å². The van der Waals surface area contributed by atoms with Crippen molar-refractivity contribution >= 4 is 18.4 Å². The Labute approximate surface area is 160 Å². The highest BCUT2D eigenvalue weighted by Gasteiger charge is 2.51. The molecule has 0 aliphatic heterocycles. The van der Waals surface area contributed by atoms with E-state index in [1.54, 1.807) is 10.8 Å². The van der Waals surface area contributed by atoms with Crippen molar-refractivity contribution in [3.8, 4) is 0 Å². The summed E-state index contributed by atoms with van der Waals surface area (Å²) in [6.45, 7) is 18.7. The Balaban J connectivity index is 2.37. The molecular weight excluding hydrogens is 328 g/mol. The Hall–Kier alpha value is -1.86. The standard InChI is InChI=1S/C25H32Si/c1-17-14-24(15-18(2)20(17)4)26(8,23-12-10-9-11-13-23)25(7)16-19(3)21(5)22(25)6/h9-16H,1-8H3. The van der Waals surface area contributed by atoms with Crippen LogP contribution in [0.4, 0.5) is 0 Å². The molecule has 26 heavy (non-hydrogen) atoms. The number of rotatable bonds is 3. The zero-order valence-corrected chi connectivity index (χ0v) is 18.6. The summed E-state index contributed by atoms with van der Waals surface area (Å²) in [5.41, 5.74) is 8.71. The molecule has 0 heterocycles. The first kappa shape index (κ1) is 18.9.